The molecule has 0 radical (unpaired) electrons. The summed E-state index contributed by atoms with van der Waals surface area (Å²) in [6, 6.07) is 11.4. The third kappa shape index (κ3) is 7.21. The van der Waals surface area contributed by atoms with Gasteiger partial charge in [0.25, 0.3) is 0 Å². The monoisotopic (exact) mass is 362 g/mol. The van der Waals surface area contributed by atoms with Gasteiger partial charge in [0.1, 0.15) is 11.5 Å². The number of aliphatic hydroxyl groups excluding tert-OH is 2. The fourth-order valence-electron chi connectivity index (χ4n) is 2.39. The standard InChI is InChI=1S/2C10H15NO2/c2*1-13-10-7-8(3-2-6-12)4-5-9(10)11/h2*4-5,7,12H,2-3,6,11H2,1H3. The summed E-state index contributed by atoms with van der Waals surface area (Å²) in [6.07, 6.45) is 3.25. The Kier molecular flexibility index (Phi) is 9.97. The predicted molar refractivity (Wildman–Crippen MR) is 106 cm³/mol. The van der Waals surface area contributed by atoms with Gasteiger partial charge in [-0.3, -0.25) is 0 Å². The average molecular weight is 362 g/mol. The van der Waals surface area contributed by atoms with Crippen molar-refractivity contribution in [2.75, 3.05) is 38.9 Å². The van der Waals surface area contributed by atoms with Crippen LogP contribution in [0.5, 0.6) is 11.5 Å². The first kappa shape index (κ1) is 21.6. The molecular formula is C20H30N2O4. The van der Waals surface area contributed by atoms with Gasteiger partial charge in [-0.05, 0) is 61.1 Å². The molecule has 0 aliphatic heterocycles. The van der Waals surface area contributed by atoms with Crippen LogP contribution in [0.15, 0.2) is 36.4 Å². The van der Waals surface area contributed by atoms with Crippen molar-refractivity contribution in [1.82, 2.24) is 0 Å². The highest BCUT2D eigenvalue weighted by molar-refractivity contribution is 5.54. The Balaban J connectivity index is 0.000000260. The van der Waals surface area contributed by atoms with Crippen LogP contribution in [0.2, 0.25) is 0 Å². The zero-order chi connectivity index (χ0) is 19.4. The molecule has 2 aromatic carbocycles. The van der Waals surface area contributed by atoms with E-state index in [1.807, 2.05) is 36.4 Å². The van der Waals surface area contributed by atoms with E-state index in [1.54, 1.807) is 14.2 Å². The molecular weight excluding hydrogens is 332 g/mol. The maximum atomic E-state index is 8.65. The van der Waals surface area contributed by atoms with Crippen LogP contribution < -0.4 is 20.9 Å². The highest BCUT2D eigenvalue weighted by atomic mass is 16.5. The smallest absolute Gasteiger partial charge is 0.142 e. The Labute approximate surface area is 155 Å². The minimum absolute atomic E-state index is 0.215. The third-order valence-corrected chi connectivity index (χ3v) is 3.84. The first-order valence-electron chi connectivity index (χ1n) is 8.62. The molecule has 0 atom stereocenters. The Morgan fingerprint density at radius 2 is 1.12 bits per heavy atom. The molecule has 26 heavy (non-hydrogen) atoms. The fourth-order valence-corrected chi connectivity index (χ4v) is 2.39. The van der Waals surface area contributed by atoms with Crippen molar-refractivity contribution in [2.24, 2.45) is 0 Å². The van der Waals surface area contributed by atoms with E-state index in [1.165, 1.54) is 0 Å². The number of aliphatic hydroxyl groups is 2. The van der Waals surface area contributed by atoms with Gasteiger partial charge < -0.3 is 31.2 Å². The van der Waals surface area contributed by atoms with E-state index in [4.69, 9.17) is 31.2 Å². The van der Waals surface area contributed by atoms with Gasteiger partial charge in [0, 0.05) is 13.2 Å². The van der Waals surface area contributed by atoms with Crippen LogP contribution >= 0.6 is 0 Å². The van der Waals surface area contributed by atoms with Crippen LogP contribution in [0, 0.1) is 0 Å². The second-order valence-electron chi connectivity index (χ2n) is 5.81. The lowest BCUT2D eigenvalue weighted by Gasteiger charge is -2.06. The molecule has 0 heterocycles. The Hall–Kier alpha value is -2.44. The van der Waals surface area contributed by atoms with Crippen LogP contribution in [-0.4, -0.2) is 37.6 Å². The summed E-state index contributed by atoms with van der Waals surface area (Å²) in [5.74, 6) is 1.41. The van der Waals surface area contributed by atoms with Gasteiger partial charge in [0.15, 0.2) is 0 Å². The quantitative estimate of drug-likeness (QED) is 0.537. The molecule has 0 amide bonds. The van der Waals surface area contributed by atoms with Gasteiger partial charge in [0.2, 0.25) is 0 Å². The number of benzene rings is 2. The second-order valence-corrected chi connectivity index (χ2v) is 5.81. The van der Waals surface area contributed by atoms with Gasteiger partial charge in [-0.15, -0.1) is 0 Å². The summed E-state index contributed by atoms with van der Waals surface area (Å²) in [4.78, 5) is 0. The zero-order valence-electron chi connectivity index (χ0n) is 15.6. The molecule has 0 fully saturated rings. The van der Waals surface area contributed by atoms with E-state index < -0.39 is 0 Å². The molecule has 0 aliphatic carbocycles. The first-order valence-corrected chi connectivity index (χ1v) is 8.62. The lowest BCUT2D eigenvalue weighted by molar-refractivity contribution is 0.288. The summed E-state index contributed by atoms with van der Waals surface area (Å²) in [5.41, 5.74) is 14.9. The van der Waals surface area contributed by atoms with Crippen LogP contribution in [0.4, 0.5) is 11.4 Å². The van der Waals surface area contributed by atoms with Crippen molar-refractivity contribution in [3.8, 4) is 11.5 Å². The molecule has 6 heteroatoms. The largest absolute Gasteiger partial charge is 0.495 e. The Morgan fingerprint density at radius 1 is 0.731 bits per heavy atom. The van der Waals surface area contributed by atoms with E-state index in [2.05, 4.69) is 0 Å². The van der Waals surface area contributed by atoms with Gasteiger partial charge in [-0.1, -0.05) is 12.1 Å². The maximum Gasteiger partial charge on any atom is 0.142 e. The molecule has 6 nitrogen and oxygen atoms in total. The minimum Gasteiger partial charge on any atom is -0.495 e. The average Bonchev–Trinajstić information content (AvgIpc) is 2.67. The number of nitrogens with two attached hydrogens (primary N) is 2. The lowest BCUT2D eigenvalue weighted by Crippen LogP contribution is -1.95. The molecule has 144 valence electrons. The number of hydrogen-bond donors (Lipinski definition) is 4. The summed E-state index contributed by atoms with van der Waals surface area (Å²) in [6.45, 7) is 0.430. The fraction of sp³-hybridized carbons (Fsp3) is 0.400. The third-order valence-electron chi connectivity index (χ3n) is 3.84. The zero-order valence-corrected chi connectivity index (χ0v) is 15.6. The molecule has 2 aromatic rings. The molecule has 0 aromatic heterocycles. The van der Waals surface area contributed by atoms with Crippen LogP contribution in [0.3, 0.4) is 0 Å². The van der Waals surface area contributed by atoms with Crippen molar-refractivity contribution >= 4 is 11.4 Å². The molecule has 0 spiro atoms. The number of hydrogen-bond acceptors (Lipinski definition) is 6. The Morgan fingerprint density at radius 3 is 1.42 bits per heavy atom. The normalized spacial score (nSPS) is 10.0. The van der Waals surface area contributed by atoms with Crippen molar-refractivity contribution in [3.05, 3.63) is 47.5 Å². The van der Waals surface area contributed by atoms with Gasteiger partial charge >= 0.3 is 0 Å². The van der Waals surface area contributed by atoms with Gasteiger partial charge in [0.05, 0.1) is 25.6 Å². The number of methoxy groups -OCH3 is 2. The van der Waals surface area contributed by atoms with E-state index in [-0.39, 0.29) is 13.2 Å². The van der Waals surface area contributed by atoms with Crippen molar-refractivity contribution in [2.45, 2.75) is 25.7 Å². The molecule has 0 saturated heterocycles. The molecule has 0 unspecified atom stereocenters. The van der Waals surface area contributed by atoms with Crippen molar-refractivity contribution in [1.29, 1.82) is 0 Å². The molecule has 0 saturated carbocycles. The highest BCUT2D eigenvalue weighted by Gasteiger charge is 2.01. The minimum atomic E-state index is 0.215. The number of ether oxygens (including phenoxy) is 2. The first-order chi connectivity index (χ1) is 12.5. The van der Waals surface area contributed by atoms with Gasteiger partial charge in [-0.25, -0.2) is 0 Å². The molecule has 0 aliphatic rings. The predicted octanol–water partition coefficient (Wildman–Crippen LogP) is 2.40. The second kappa shape index (κ2) is 12.0. The summed E-state index contributed by atoms with van der Waals surface area (Å²) in [7, 11) is 3.20. The number of aryl methyl sites for hydroxylation is 2. The number of rotatable bonds is 8. The molecule has 6 N–H and O–H groups in total. The van der Waals surface area contributed by atoms with E-state index in [0.29, 0.717) is 22.9 Å². The van der Waals surface area contributed by atoms with E-state index in [0.717, 1.165) is 36.8 Å². The summed E-state index contributed by atoms with van der Waals surface area (Å²) in [5, 5.41) is 17.3. The molecule has 0 bridgehead atoms. The van der Waals surface area contributed by atoms with E-state index in [9.17, 15) is 0 Å². The number of nitrogen functional groups attached to an aromatic ring is 2. The SMILES string of the molecule is COc1cc(CCCO)ccc1N.COc1cc(CCCO)ccc1N. The van der Waals surface area contributed by atoms with Crippen molar-refractivity contribution in [3.63, 3.8) is 0 Å². The summed E-state index contributed by atoms with van der Waals surface area (Å²) < 4.78 is 10.2. The van der Waals surface area contributed by atoms with Gasteiger partial charge in [-0.2, -0.15) is 0 Å². The topological polar surface area (TPSA) is 111 Å². The summed E-state index contributed by atoms with van der Waals surface area (Å²) >= 11 is 0. The lowest BCUT2D eigenvalue weighted by atomic mass is 10.1. The maximum absolute atomic E-state index is 8.65. The Bertz CT molecular complexity index is 605. The highest BCUT2D eigenvalue weighted by Crippen LogP contribution is 2.23. The molecule has 2 rings (SSSR count). The number of anilines is 2. The van der Waals surface area contributed by atoms with Crippen LogP contribution in [0.1, 0.15) is 24.0 Å². The van der Waals surface area contributed by atoms with E-state index >= 15 is 0 Å². The van der Waals surface area contributed by atoms with Crippen LogP contribution in [-0.2, 0) is 12.8 Å². The van der Waals surface area contributed by atoms with Crippen LogP contribution in [0.25, 0.3) is 0 Å². The van der Waals surface area contributed by atoms with Crippen molar-refractivity contribution < 1.29 is 19.7 Å².